The number of anilines is 1. The highest BCUT2D eigenvalue weighted by molar-refractivity contribution is 5.50. The lowest BCUT2D eigenvalue weighted by Crippen LogP contribution is -2.45. The van der Waals surface area contributed by atoms with Gasteiger partial charge >= 0.3 is 0 Å². The first-order valence-corrected chi connectivity index (χ1v) is 7.02. The topological polar surface area (TPSA) is 53.0 Å². The molecule has 3 heteroatoms. The highest BCUT2D eigenvalue weighted by Crippen LogP contribution is 2.38. The first kappa shape index (κ1) is 13.9. The fourth-order valence-electron chi connectivity index (χ4n) is 2.90. The number of nitrogens with two attached hydrogens (primary N) is 1. The molecule has 0 aromatic heterocycles. The molecule has 1 fully saturated rings. The number of hydrogen-bond donors (Lipinski definition) is 1. The van der Waals surface area contributed by atoms with E-state index in [9.17, 15) is 0 Å². The molecule has 1 unspecified atom stereocenters. The maximum atomic E-state index is 8.84. The van der Waals surface area contributed by atoms with E-state index in [1.165, 1.54) is 12.1 Å². The van der Waals surface area contributed by atoms with E-state index in [0.29, 0.717) is 11.3 Å². The average Bonchev–Trinajstić information content (AvgIpc) is 2.41. The van der Waals surface area contributed by atoms with Crippen LogP contribution in [0.1, 0.15) is 32.3 Å². The van der Waals surface area contributed by atoms with Crippen molar-refractivity contribution in [1.82, 2.24) is 0 Å². The lowest BCUT2D eigenvalue weighted by molar-refractivity contribution is 0.163. The Balaban J connectivity index is 2.11. The normalized spacial score (nSPS) is 22.0. The number of nitriles is 1. The molecule has 0 radical (unpaired) electrons. The Bertz CT molecular complexity index is 456. The fourth-order valence-corrected chi connectivity index (χ4v) is 2.90. The van der Waals surface area contributed by atoms with E-state index in [-0.39, 0.29) is 0 Å². The molecule has 1 heterocycles. The maximum Gasteiger partial charge on any atom is 0.0991 e. The van der Waals surface area contributed by atoms with Gasteiger partial charge in [-0.25, -0.2) is 0 Å². The Morgan fingerprint density at radius 1 is 1.37 bits per heavy atom. The number of piperidine rings is 1. The molecular formula is C16H23N3. The van der Waals surface area contributed by atoms with Gasteiger partial charge in [0.05, 0.1) is 11.6 Å². The number of benzene rings is 1. The molecule has 1 aromatic rings. The SMILES string of the molecule is CC1(C)CCN(c2ccc(C#N)cc2)CC1CCN. The predicted molar refractivity (Wildman–Crippen MR) is 78.9 cm³/mol. The molecule has 0 saturated carbocycles. The zero-order valence-corrected chi connectivity index (χ0v) is 11.9. The van der Waals surface area contributed by atoms with Gasteiger partial charge in [-0.05, 0) is 55.0 Å². The molecule has 19 heavy (non-hydrogen) atoms. The molecule has 0 spiro atoms. The molecule has 1 aliphatic rings. The summed E-state index contributed by atoms with van der Waals surface area (Å²) in [7, 11) is 0. The summed E-state index contributed by atoms with van der Waals surface area (Å²) in [4.78, 5) is 2.42. The molecule has 2 N–H and O–H groups in total. The van der Waals surface area contributed by atoms with Crippen LogP contribution in [0.25, 0.3) is 0 Å². The van der Waals surface area contributed by atoms with Gasteiger partial charge in [0.1, 0.15) is 0 Å². The van der Waals surface area contributed by atoms with Crippen molar-refractivity contribution >= 4 is 5.69 Å². The van der Waals surface area contributed by atoms with Crippen molar-refractivity contribution in [1.29, 1.82) is 5.26 Å². The van der Waals surface area contributed by atoms with E-state index >= 15 is 0 Å². The van der Waals surface area contributed by atoms with Gasteiger partial charge in [-0.3, -0.25) is 0 Å². The molecule has 1 aliphatic heterocycles. The Kier molecular flexibility index (Phi) is 4.11. The Morgan fingerprint density at radius 2 is 2.05 bits per heavy atom. The van der Waals surface area contributed by atoms with Gasteiger partial charge in [-0.2, -0.15) is 5.26 Å². The number of nitrogens with zero attached hydrogens (tertiary/aromatic N) is 2. The van der Waals surface area contributed by atoms with Gasteiger partial charge in [0.25, 0.3) is 0 Å². The second-order valence-electron chi connectivity index (χ2n) is 6.12. The van der Waals surface area contributed by atoms with E-state index < -0.39 is 0 Å². The van der Waals surface area contributed by atoms with Crippen molar-refractivity contribution in [2.75, 3.05) is 24.5 Å². The standard InChI is InChI=1S/C16H23N3/c1-16(2)8-10-19(12-14(16)7-9-17)15-5-3-13(11-18)4-6-15/h3-6,14H,7-10,12,17H2,1-2H3. The van der Waals surface area contributed by atoms with E-state index in [1.807, 2.05) is 12.1 Å². The third-order valence-corrected chi connectivity index (χ3v) is 4.45. The third-order valence-electron chi connectivity index (χ3n) is 4.45. The van der Waals surface area contributed by atoms with Gasteiger partial charge in [-0.15, -0.1) is 0 Å². The highest BCUT2D eigenvalue weighted by Gasteiger charge is 2.34. The predicted octanol–water partition coefficient (Wildman–Crippen LogP) is 2.76. The largest absolute Gasteiger partial charge is 0.371 e. The van der Waals surface area contributed by atoms with Crippen molar-refractivity contribution in [3.63, 3.8) is 0 Å². The minimum Gasteiger partial charge on any atom is -0.371 e. The minimum absolute atomic E-state index is 0.377. The molecule has 0 bridgehead atoms. The zero-order chi connectivity index (χ0) is 13.9. The average molecular weight is 257 g/mol. The molecule has 2 rings (SSSR count). The smallest absolute Gasteiger partial charge is 0.0991 e. The summed E-state index contributed by atoms with van der Waals surface area (Å²) in [6.07, 6.45) is 2.28. The van der Waals surface area contributed by atoms with Gasteiger partial charge in [0, 0.05) is 18.8 Å². The maximum absolute atomic E-state index is 8.84. The Labute approximate surface area is 116 Å². The lowest BCUT2D eigenvalue weighted by atomic mass is 9.72. The second kappa shape index (κ2) is 5.63. The van der Waals surface area contributed by atoms with Gasteiger partial charge in [0.15, 0.2) is 0 Å². The van der Waals surface area contributed by atoms with Crippen LogP contribution in [0.15, 0.2) is 24.3 Å². The van der Waals surface area contributed by atoms with Crippen molar-refractivity contribution in [2.45, 2.75) is 26.7 Å². The van der Waals surface area contributed by atoms with Crippen LogP contribution in [0.2, 0.25) is 0 Å². The molecule has 102 valence electrons. The fraction of sp³-hybridized carbons (Fsp3) is 0.562. The highest BCUT2D eigenvalue weighted by atomic mass is 15.1. The van der Waals surface area contributed by atoms with Crippen molar-refractivity contribution in [3.05, 3.63) is 29.8 Å². The van der Waals surface area contributed by atoms with Crippen LogP contribution in [-0.4, -0.2) is 19.6 Å². The summed E-state index contributed by atoms with van der Waals surface area (Å²) < 4.78 is 0. The van der Waals surface area contributed by atoms with Crippen LogP contribution in [-0.2, 0) is 0 Å². The summed E-state index contributed by atoms with van der Waals surface area (Å²) in [5.41, 5.74) is 8.07. The quantitative estimate of drug-likeness (QED) is 0.906. The molecule has 0 amide bonds. The molecule has 0 aliphatic carbocycles. The Morgan fingerprint density at radius 3 is 2.63 bits per heavy atom. The first-order valence-electron chi connectivity index (χ1n) is 7.02. The third kappa shape index (κ3) is 3.08. The molecule has 1 aromatic carbocycles. The van der Waals surface area contributed by atoms with Gasteiger partial charge < -0.3 is 10.6 Å². The second-order valence-corrected chi connectivity index (χ2v) is 6.12. The molecular weight excluding hydrogens is 234 g/mol. The van der Waals surface area contributed by atoms with Crippen LogP contribution in [0.5, 0.6) is 0 Å². The zero-order valence-electron chi connectivity index (χ0n) is 11.9. The monoisotopic (exact) mass is 257 g/mol. The van der Waals surface area contributed by atoms with E-state index in [4.69, 9.17) is 11.0 Å². The first-order chi connectivity index (χ1) is 9.06. The summed E-state index contributed by atoms with van der Waals surface area (Å²) in [6, 6.07) is 10.1. The van der Waals surface area contributed by atoms with Crippen LogP contribution in [0.3, 0.4) is 0 Å². The van der Waals surface area contributed by atoms with Crippen molar-refractivity contribution in [2.24, 2.45) is 17.1 Å². The molecule has 1 atom stereocenters. The van der Waals surface area contributed by atoms with E-state index in [0.717, 1.165) is 31.6 Å². The Hall–Kier alpha value is -1.53. The summed E-state index contributed by atoms with van der Waals surface area (Å²) >= 11 is 0. The van der Waals surface area contributed by atoms with Crippen LogP contribution >= 0.6 is 0 Å². The molecule has 1 saturated heterocycles. The van der Waals surface area contributed by atoms with Crippen LogP contribution < -0.4 is 10.6 Å². The van der Waals surface area contributed by atoms with Crippen molar-refractivity contribution in [3.8, 4) is 6.07 Å². The summed E-state index contributed by atoms with van der Waals surface area (Å²) in [5, 5.41) is 8.84. The number of hydrogen-bond acceptors (Lipinski definition) is 3. The summed E-state index contributed by atoms with van der Waals surface area (Å²) in [6.45, 7) is 7.61. The molecule has 3 nitrogen and oxygen atoms in total. The van der Waals surface area contributed by atoms with E-state index in [2.05, 4.69) is 36.9 Å². The van der Waals surface area contributed by atoms with Crippen LogP contribution in [0.4, 0.5) is 5.69 Å². The van der Waals surface area contributed by atoms with Gasteiger partial charge in [0.2, 0.25) is 0 Å². The van der Waals surface area contributed by atoms with E-state index in [1.54, 1.807) is 0 Å². The summed E-state index contributed by atoms with van der Waals surface area (Å²) in [5.74, 6) is 0.641. The minimum atomic E-state index is 0.377. The van der Waals surface area contributed by atoms with Gasteiger partial charge in [-0.1, -0.05) is 13.8 Å². The lowest BCUT2D eigenvalue weighted by Gasteiger charge is -2.45. The van der Waals surface area contributed by atoms with Crippen LogP contribution in [0, 0.1) is 22.7 Å². The van der Waals surface area contributed by atoms with Crippen molar-refractivity contribution < 1.29 is 0 Å². The number of rotatable bonds is 3.